The zero-order valence-corrected chi connectivity index (χ0v) is 29.2. The minimum atomic E-state index is -5.41. The van der Waals surface area contributed by atoms with Crippen molar-refractivity contribution in [2.24, 2.45) is 17.3 Å². The van der Waals surface area contributed by atoms with Gasteiger partial charge in [0.05, 0.1) is 5.56 Å². The fourth-order valence-electron chi connectivity index (χ4n) is 7.93. The standard InChI is InChI=1S/C25H26O3.C14H25F5S/c1-25-14-13-20-19-10-8-18(28-24(27)16-5-3-2-4-6-16)15-17(19)7-9-21(20)22(25)11-12-23(25)26;1-2-3-4-5-6-7-8-11-20-12-9-10-13(15,16)14(17,18)19/h2-6,8,10,15,20-22H,7,9,11-14H2,1H3;2-12H2,1H3. The second-order valence-corrected chi connectivity index (χ2v) is 15.2. The summed E-state index contributed by atoms with van der Waals surface area (Å²) in [6.07, 6.45) is 7.81. The zero-order valence-electron chi connectivity index (χ0n) is 28.4. The van der Waals surface area contributed by atoms with Crippen LogP contribution in [0.5, 0.6) is 5.75 Å². The van der Waals surface area contributed by atoms with Crippen LogP contribution in [0.1, 0.15) is 131 Å². The third-order valence-corrected chi connectivity index (χ3v) is 11.9. The van der Waals surface area contributed by atoms with Crippen LogP contribution in [-0.2, 0) is 11.2 Å². The Morgan fingerprint density at radius 2 is 1.56 bits per heavy atom. The number of fused-ring (bicyclic) bond motifs is 5. The Kier molecular flexibility index (Phi) is 14.0. The SMILES string of the molecule is CC12CCC3c4ccc(OC(=O)c5ccccc5)cc4CCC3C1CCC2=O.CCCCCCCCCSCCCC(F)(F)C(F)(F)F. The van der Waals surface area contributed by atoms with E-state index >= 15 is 0 Å². The number of Topliss-reactive ketones (excluding diaryl/α,β-unsaturated/α-hetero) is 1. The van der Waals surface area contributed by atoms with Gasteiger partial charge < -0.3 is 4.74 Å². The first kappa shape index (κ1) is 38.4. The molecule has 4 unspecified atom stereocenters. The average Bonchev–Trinajstić information content (AvgIpc) is 3.37. The molecule has 0 spiro atoms. The number of ether oxygens (including phenoxy) is 1. The number of benzene rings is 2. The Balaban J connectivity index is 0.000000232. The van der Waals surface area contributed by atoms with Gasteiger partial charge in [-0.15, -0.1) is 0 Å². The van der Waals surface area contributed by atoms with E-state index < -0.39 is 18.5 Å². The van der Waals surface area contributed by atoms with Crippen molar-refractivity contribution in [3.8, 4) is 5.75 Å². The highest BCUT2D eigenvalue weighted by Gasteiger charge is 2.56. The number of aryl methyl sites for hydroxylation is 1. The summed E-state index contributed by atoms with van der Waals surface area (Å²) in [6.45, 7) is 4.38. The second kappa shape index (κ2) is 17.5. The molecule has 0 heterocycles. The summed E-state index contributed by atoms with van der Waals surface area (Å²) in [5.41, 5.74) is 3.21. The molecule has 2 saturated carbocycles. The molecule has 48 heavy (non-hydrogen) atoms. The summed E-state index contributed by atoms with van der Waals surface area (Å²) in [6, 6.07) is 15.3. The van der Waals surface area contributed by atoms with Gasteiger partial charge >= 0.3 is 18.1 Å². The summed E-state index contributed by atoms with van der Waals surface area (Å²) < 4.78 is 66.4. The van der Waals surface area contributed by atoms with E-state index in [9.17, 15) is 31.5 Å². The number of carbonyl (C=O) groups is 2. The molecular formula is C39H51F5O3S. The van der Waals surface area contributed by atoms with E-state index in [-0.39, 0.29) is 17.8 Å². The number of thioether (sulfide) groups is 1. The number of unbranched alkanes of at least 4 members (excludes halogenated alkanes) is 6. The van der Waals surface area contributed by atoms with Crippen molar-refractivity contribution >= 4 is 23.5 Å². The molecule has 0 radical (unpaired) electrons. The molecule has 3 nitrogen and oxygen atoms in total. The molecule has 9 heteroatoms. The van der Waals surface area contributed by atoms with Gasteiger partial charge in [0.1, 0.15) is 11.5 Å². The molecule has 3 aliphatic rings. The van der Waals surface area contributed by atoms with Gasteiger partial charge in [-0.3, -0.25) is 4.79 Å². The molecule has 2 aromatic rings. The van der Waals surface area contributed by atoms with E-state index in [2.05, 4.69) is 26.0 Å². The predicted octanol–water partition coefficient (Wildman–Crippen LogP) is 11.8. The molecule has 266 valence electrons. The molecule has 0 amide bonds. The molecule has 0 saturated heterocycles. The number of halogens is 5. The van der Waals surface area contributed by atoms with E-state index in [1.165, 1.54) is 55.0 Å². The number of carbonyl (C=O) groups excluding carboxylic acids is 2. The highest BCUT2D eigenvalue weighted by molar-refractivity contribution is 7.99. The maximum atomic E-state index is 12.6. The van der Waals surface area contributed by atoms with Crippen molar-refractivity contribution in [1.82, 2.24) is 0 Å². The first-order valence-corrected chi connectivity index (χ1v) is 19.0. The average molecular weight is 695 g/mol. The fraction of sp³-hybridized carbons (Fsp3) is 0.641. The molecule has 0 bridgehead atoms. The third kappa shape index (κ3) is 9.85. The van der Waals surface area contributed by atoms with E-state index in [1.54, 1.807) is 12.1 Å². The Labute approximate surface area is 287 Å². The number of rotatable bonds is 14. The number of esters is 1. The van der Waals surface area contributed by atoms with Crippen molar-refractivity contribution in [3.05, 3.63) is 65.2 Å². The largest absolute Gasteiger partial charge is 0.453 e. The van der Waals surface area contributed by atoms with Gasteiger partial charge in [0.15, 0.2) is 0 Å². The summed E-state index contributed by atoms with van der Waals surface area (Å²) in [5, 5.41) is 0. The lowest BCUT2D eigenvalue weighted by Crippen LogP contribution is -2.42. The van der Waals surface area contributed by atoms with Gasteiger partial charge in [-0.25, -0.2) is 4.79 Å². The molecule has 2 aromatic carbocycles. The van der Waals surface area contributed by atoms with Crippen LogP contribution < -0.4 is 4.74 Å². The number of hydrogen-bond donors (Lipinski definition) is 0. The Hall–Kier alpha value is -2.42. The topological polar surface area (TPSA) is 43.4 Å². The van der Waals surface area contributed by atoms with Crippen LogP contribution in [0.4, 0.5) is 22.0 Å². The van der Waals surface area contributed by atoms with E-state index in [0.717, 1.165) is 57.1 Å². The summed E-state index contributed by atoms with van der Waals surface area (Å²) in [4.78, 5) is 24.8. The predicted molar refractivity (Wildman–Crippen MR) is 183 cm³/mol. The molecule has 0 N–H and O–H groups in total. The quantitative estimate of drug-likeness (QED) is 0.0854. The summed E-state index contributed by atoms with van der Waals surface area (Å²) in [5.74, 6) is -0.788. The van der Waals surface area contributed by atoms with E-state index in [0.29, 0.717) is 40.6 Å². The molecule has 4 atom stereocenters. The van der Waals surface area contributed by atoms with Crippen LogP contribution in [0.3, 0.4) is 0 Å². The maximum absolute atomic E-state index is 12.6. The minimum absolute atomic E-state index is 0.0795. The molecule has 0 aliphatic heterocycles. The van der Waals surface area contributed by atoms with Gasteiger partial charge in [-0.1, -0.05) is 76.6 Å². The number of alkyl halides is 5. The van der Waals surface area contributed by atoms with Gasteiger partial charge in [0, 0.05) is 18.3 Å². The molecular weight excluding hydrogens is 643 g/mol. The molecule has 3 aliphatic carbocycles. The number of hydrogen-bond acceptors (Lipinski definition) is 4. The van der Waals surface area contributed by atoms with Crippen LogP contribution >= 0.6 is 11.8 Å². The minimum Gasteiger partial charge on any atom is -0.423 e. The monoisotopic (exact) mass is 694 g/mol. The van der Waals surface area contributed by atoms with Crippen LogP contribution in [0.15, 0.2) is 48.5 Å². The van der Waals surface area contributed by atoms with Crippen molar-refractivity contribution < 1.29 is 36.3 Å². The molecule has 0 aromatic heterocycles. The Bertz CT molecular complexity index is 1330. The summed E-state index contributed by atoms with van der Waals surface area (Å²) in [7, 11) is 0. The van der Waals surface area contributed by atoms with Gasteiger partial charge in [0.25, 0.3) is 0 Å². The van der Waals surface area contributed by atoms with E-state index in [4.69, 9.17) is 4.74 Å². The van der Waals surface area contributed by atoms with Crippen LogP contribution in [0.25, 0.3) is 0 Å². The lowest BCUT2D eigenvalue weighted by molar-refractivity contribution is -0.284. The first-order valence-electron chi connectivity index (χ1n) is 17.8. The maximum Gasteiger partial charge on any atom is 0.453 e. The normalized spacial score (nSPS) is 23.4. The van der Waals surface area contributed by atoms with Crippen molar-refractivity contribution in [3.63, 3.8) is 0 Å². The van der Waals surface area contributed by atoms with Crippen LogP contribution in [0, 0.1) is 17.3 Å². The number of ketones is 1. The molecule has 2 fully saturated rings. The Morgan fingerprint density at radius 1 is 0.875 bits per heavy atom. The van der Waals surface area contributed by atoms with E-state index in [1.807, 2.05) is 24.3 Å². The smallest absolute Gasteiger partial charge is 0.423 e. The Morgan fingerprint density at radius 3 is 2.27 bits per heavy atom. The van der Waals surface area contributed by atoms with Gasteiger partial charge in [-0.2, -0.15) is 33.7 Å². The first-order chi connectivity index (χ1) is 22.9. The lowest BCUT2D eigenvalue weighted by Gasteiger charge is -2.48. The second-order valence-electron chi connectivity index (χ2n) is 14.0. The highest BCUT2D eigenvalue weighted by Crippen LogP contribution is 2.59. The fourth-order valence-corrected chi connectivity index (χ4v) is 8.90. The van der Waals surface area contributed by atoms with Crippen molar-refractivity contribution in [2.45, 2.75) is 128 Å². The van der Waals surface area contributed by atoms with Crippen molar-refractivity contribution in [1.29, 1.82) is 0 Å². The zero-order chi connectivity index (χ0) is 34.8. The lowest BCUT2D eigenvalue weighted by atomic mass is 9.55. The van der Waals surface area contributed by atoms with Crippen LogP contribution in [-0.4, -0.2) is 35.4 Å². The third-order valence-electron chi connectivity index (χ3n) is 10.7. The van der Waals surface area contributed by atoms with Gasteiger partial charge in [0.2, 0.25) is 0 Å². The highest BCUT2D eigenvalue weighted by atomic mass is 32.2. The van der Waals surface area contributed by atoms with Crippen LogP contribution in [0.2, 0.25) is 0 Å². The molecule has 5 rings (SSSR count). The summed E-state index contributed by atoms with van der Waals surface area (Å²) >= 11 is 1.47. The van der Waals surface area contributed by atoms with Gasteiger partial charge in [-0.05, 0) is 110 Å². The van der Waals surface area contributed by atoms with Crippen molar-refractivity contribution in [2.75, 3.05) is 11.5 Å².